The van der Waals surface area contributed by atoms with Crippen molar-refractivity contribution in [1.82, 2.24) is 4.90 Å². The van der Waals surface area contributed by atoms with Crippen molar-refractivity contribution in [2.24, 2.45) is 0 Å². The van der Waals surface area contributed by atoms with Crippen LogP contribution in [0.1, 0.15) is 31.7 Å². The average Bonchev–Trinajstić information content (AvgIpc) is 3.13. The summed E-state index contributed by atoms with van der Waals surface area (Å²) in [5, 5.41) is 2.86. The van der Waals surface area contributed by atoms with Gasteiger partial charge in [0.25, 0.3) is 0 Å². The Morgan fingerprint density at radius 3 is 2.68 bits per heavy atom. The van der Waals surface area contributed by atoms with Gasteiger partial charge in [-0.3, -0.25) is 9.59 Å². The van der Waals surface area contributed by atoms with Gasteiger partial charge in [-0.05, 0) is 37.5 Å². The van der Waals surface area contributed by atoms with Crippen LogP contribution in [0.4, 0.5) is 5.69 Å². The Labute approximate surface area is 113 Å². The van der Waals surface area contributed by atoms with Crippen LogP contribution in [0.25, 0.3) is 0 Å². The molecule has 0 heterocycles. The lowest BCUT2D eigenvalue weighted by atomic mass is 10.2. The van der Waals surface area contributed by atoms with Gasteiger partial charge in [0.1, 0.15) is 0 Å². The van der Waals surface area contributed by atoms with Crippen molar-refractivity contribution in [1.29, 1.82) is 0 Å². The van der Waals surface area contributed by atoms with Crippen molar-refractivity contribution < 1.29 is 9.59 Å². The van der Waals surface area contributed by atoms with Gasteiger partial charge in [0.2, 0.25) is 11.8 Å². The molecule has 0 saturated heterocycles. The topological polar surface area (TPSA) is 49.4 Å². The summed E-state index contributed by atoms with van der Waals surface area (Å²) in [6.45, 7) is 4.06. The number of carbonyl (C=O) groups is 2. The van der Waals surface area contributed by atoms with Gasteiger partial charge >= 0.3 is 0 Å². The third-order valence-electron chi connectivity index (χ3n) is 3.27. The van der Waals surface area contributed by atoms with E-state index in [1.165, 1.54) is 0 Å². The maximum absolute atomic E-state index is 11.8. The number of aryl methyl sites for hydroxylation is 1. The number of hydrogen-bond acceptors (Lipinski definition) is 2. The minimum atomic E-state index is -0.0440. The third kappa shape index (κ3) is 4.09. The number of nitrogens with one attached hydrogen (secondary N) is 1. The number of nitrogens with zero attached hydrogens (tertiary/aromatic N) is 1. The molecular weight excluding hydrogens is 240 g/mol. The zero-order valence-electron chi connectivity index (χ0n) is 11.5. The number of hydrogen-bond donors (Lipinski definition) is 1. The third-order valence-corrected chi connectivity index (χ3v) is 3.27. The highest BCUT2D eigenvalue weighted by molar-refractivity contribution is 5.91. The minimum Gasteiger partial charge on any atom is -0.339 e. The van der Waals surface area contributed by atoms with Gasteiger partial charge in [0.05, 0.1) is 0 Å². The van der Waals surface area contributed by atoms with Gasteiger partial charge in [0.15, 0.2) is 0 Å². The van der Waals surface area contributed by atoms with E-state index in [0.29, 0.717) is 19.0 Å². The van der Waals surface area contributed by atoms with Crippen molar-refractivity contribution in [3.8, 4) is 0 Å². The molecule has 0 bridgehead atoms. The standard InChI is InChI=1S/C15H20N2O2/c1-11-4-3-5-13(10-11)16-15(19)8-9-17(12(2)18)14-6-7-14/h3-5,10,14H,6-9H2,1-2H3,(H,16,19). The Morgan fingerprint density at radius 1 is 1.37 bits per heavy atom. The normalized spacial score (nSPS) is 14.0. The first-order valence-electron chi connectivity index (χ1n) is 6.70. The van der Waals surface area contributed by atoms with Crippen LogP contribution in [0.5, 0.6) is 0 Å². The summed E-state index contributed by atoms with van der Waals surface area (Å²) < 4.78 is 0. The van der Waals surface area contributed by atoms with Crippen molar-refractivity contribution in [3.05, 3.63) is 29.8 Å². The van der Waals surface area contributed by atoms with Gasteiger partial charge in [-0.15, -0.1) is 0 Å². The predicted molar refractivity (Wildman–Crippen MR) is 74.8 cm³/mol. The van der Waals surface area contributed by atoms with E-state index >= 15 is 0 Å². The molecule has 0 radical (unpaired) electrons. The smallest absolute Gasteiger partial charge is 0.226 e. The van der Waals surface area contributed by atoms with Crippen LogP contribution in [-0.2, 0) is 9.59 Å². The summed E-state index contributed by atoms with van der Waals surface area (Å²) >= 11 is 0. The van der Waals surface area contributed by atoms with Crippen LogP contribution in [0, 0.1) is 6.92 Å². The molecule has 1 aromatic carbocycles. The second kappa shape index (κ2) is 5.87. The molecule has 19 heavy (non-hydrogen) atoms. The Balaban J connectivity index is 1.82. The van der Waals surface area contributed by atoms with E-state index in [9.17, 15) is 9.59 Å². The molecule has 0 unspecified atom stereocenters. The fourth-order valence-corrected chi connectivity index (χ4v) is 2.15. The summed E-state index contributed by atoms with van der Waals surface area (Å²) in [6, 6.07) is 8.07. The molecule has 1 N–H and O–H groups in total. The fraction of sp³-hybridized carbons (Fsp3) is 0.467. The molecule has 1 aliphatic rings. The van der Waals surface area contributed by atoms with Gasteiger partial charge in [-0.1, -0.05) is 12.1 Å². The lowest BCUT2D eigenvalue weighted by molar-refractivity contribution is -0.129. The number of benzene rings is 1. The van der Waals surface area contributed by atoms with Crippen LogP contribution in [0.15, 0.2) is 24.3 Å². The van der Waals surface area contributed by atoms with Crippen molar-refractivity contribution in [2.75, 3.05) is 11.9 Å². The molecule has 1 saturated carbocycles. The van der Waals surface area contributed by atoms with E-state index < -0.39 is 0 Å². The summed E-state index contributed by atoms with van der Waals surface area (Å²) in [6.07, 6.45) is 2.49. The molecule has 1 fully saturated rings. The van der Waals surface area contributed by atoms with E-state index in [-0.39, 0.29) is 11.8 Å². The van der Waals surface area contributed by atoms with Gasteiger partial charge in [0, 0.05) is 31.6 Å². The molecule has 102 valence electrons. The van der Waals surface area contributed by atoms with Crippen LogP contribution in [0.2, 0.25) is 0 Å². The quantitative estimate of drug-likeness (QED) is 0.883. The molecule has 1 aliphatic carbocycles. The van der Waals surface area contributed by atoms with E-state index in [0.717, 1.165) is 24.1 Å². The molecular formula is C15H20N2O2. The first-order valence-corrected chi connectivity index (χ1v) is 6.70. The molecule has 0 atom stereocenters. The average molecular weight is 260 g/mol. The molecule has 4 heteroatoms. The Kier molecular flexibility index (Phi) is 4.20. The van der Waals surface area contributed by atoms with E-state index in [1.807, 2.05) is 31.2 Å². The highest BCUT2D eigenvalue weighted by Crippen LogP contribution is 2.26. The molecule has 0 spiro atoms. The van der Waals surface area contributed by atoms with Gasteiger partial charge < -0.3 is 10.2 Å². The second-order valence-electron chi connectivity index (χ2n) is 5.11. The zero-order chi connectivity index (χ0) is 13.8. The zero-order valence-corrected chi connectivity index (χ0v) is 11.5. The highest BCUT2D eigenvalue weighted by Gasteiger charge is 2.30. The molecule has 1 aromatic rings. The van der Waals surface area contributed by atoms with Crippen LogP contribution in [-0.4, -0.2) is 29.3 Å². The maximum Gasteiger partial charge on any atom is 0.226 e. The molecule has 2 rings (SSSR count). The minimum absolute atomic E-state index is 0.0440. The largest absolute Gasteiger partial charge is 0.339 e. The molecule has 0 aromatic heterocycles. The lowest BCUT2D eigenvalue weighted by Crippen LogP contribution is -2.33. The molecule has 0 aliphatic heterocycles. The Hall–Kier alpha value is -1.84. The van der Waals surface area contributed by atoms with E-state index in [4.69, 9.17) is 0 Å². The summed E-state index contributed by atoms with van der Waals surface area (Å²) in [5.41, 5.74) is 1.92. The fourth-order valence-electron chi connectivity index (χ4n) is 2.15. The Bertz CT molecular complexity index is 481. The lowest BCUT2D eigenvalue weighted by Gasteiger charge is -2.20. The number of rotatable bonds is 5. The van der Waals surface area contributed by atoms with E-state index in [2.05, 4.69) is 5.32 Å². The van der Waals surface area contributed by atoms with Crippen LogP contribution < -0.4 is 5.32 Å². The monoisotopic (exact) mass is 260 g/mol. The summed E-state index contributed by atoms with van der Waals surface area (Å²) in [4.78, 5) is 25.1. The molecule has 4 nitrogen and oxygen atoms in total. The first kappa shape index (κ1) is 13.6. The van der Waals surface area contributed by atoms with Crippen molar-refractivity contribution in [3.63, 3.8) is 0 Å². The first-order chi connectivity index (χ1) is 9.06. The van der Waals surface area contributed by atoms with Gasteiger partial charge in [-0.25, -0.2) is 0 Å². The SMILES string of the molecule is CC(=O)N(CCC(=O)Nc1cccc(C)c1)C1CC1. The number of anilines is 1. The maximum atomic E-state index is 11.8. The van der Waals surface area contributed by atoms with E-state index in [1.54, 1.807) is 11.8 Å². The second-order valence-corrected chi connectivity index (χ2v) is 5.11. The highest BCUT2D eigenvalue weighted by atomic mass is 16.2. The van der Waals surface area contributed by atoms with Crippen molar-refractivity contribution in [2.45, 2.75) is 39.2 Å². The van der Waals surface area contributed by atoms with Crippen molar-refractivity contribution >= 4 is 17.5 Å². The summed E-state index contributed by atoms with van der Waals surface area (Å²) in [5.74, 6) is 0.0170. The number of amides is 2. The van der Waals surface area contributed by atoms with Crippen LogP contribution >= 0.6 is 0 Å². The van der Waals surface area contributed by atoms with Crippen LogP contribution in [0.3, 0.4) is 0 Å². The number of carbonyl (C=O) groups excluding carboxylic acids is 2. The Morgan fingerprint density at radius 2 is 2.11 bits per heavy atom. The van der Waals surface area contributed by atoms with Gasteiger partial charge in [-0.2, -0.15) is 0 Å². The molecule has 2 amide bonds. The summed E-state index contributed by atoms with van der Waals surface area (Å²) in [7, 11) is 0. The predicted octanol–water partition coefficient (Wildman–Crippen LogP) is 2.33.